The van der Waals surface area contributed by atoms with Crippen LogP contribution in [0.1, 0.15) is 5.56 Å². The highest BCUT2D eigenvalue weighted by Gasteiger charge is 2.13. The molecule has 0 aliphatic carbocycles. The Morgan fingerprint density at radius 2 is 2.09 bits per heavy atom. The fourth-order valence-corrected chi connectivity index (χ4v) is 2.37. The molecule has 1 aromatic carbocycles. The zero-order valence-electron chi connectivity index (χ0n) is 11.9. The Bertz CT molecular complexity index is 789. The van der Waals surface area contributed by atoms with Crippen molar-refractivity contribution in [2.24, 2.45) is 0 Å². The summed E-state index contributed by atoms with van der Waals surface area (Å²) in [6.07, 6.45) is 1.50. The molecule has 3 aromatic rings. The van der Waals surface area contributed by atoms with E-state index < -0.39 is 0 Å². The minimum atomic E-state index is -0.347. The maximum absolute atomic E-state index is 13.4. The molecule has 23 heavy (non-hydrogen) atoms. The van der Waals surface area contributed by atoms with Crippen LogP contribution in [-0.4, -0.2) is 21.9 Å². The predicted molar refractivity (Wildman–Crippen MR) is 81.0 cm³/mol. The number of carbonyl (C=O) groups excluding carboxylic acids is 1. The Morgan fingerprint density at radius 1 is 1.22 bits per heavy atom. The monoisotopic (exact) mass is 333 g/mol. The van der Waals surface area contributed by atoms with E-state index in [9.17, 15) is 9.18 Å². The molecule has 1 N–H and O–H groups in total. The van der Waals surface area contributed by atoms with Gasteiger partial charge in [0.05, 0.1) is 12.0 Å². The van der Waals surface area contributed by atoms with E-state index in [1.54, 1.807) is 30.3 Å². The van der Waals surface area contributed by atoms with Gasteiger partial charge in [-0.3, -0.25) is 4.79 Å². The topological polar surface area (TPSA) is 81.2 Å². The summed E-state index contributed by atoms with van der Waals surface area (Å²) in [5, 5.41) is 10.5. The number of aromatic nitrogens is 2. The van der Waals surface area contributed by atoms with Gasteiger partial charge in [-0.2, -0.15) is 0 Å². The van der Waals surface area contributed by atoms with Crippen LogP contribution in [0.5, 0.6) is 0 Å². The van der Waals surface area contributed by atoms with Gasteiger partial charge in [-0.05, 0) is 18.2 Å². The Balaban J connectivity index is 1.49. The first-order chi connectivity index (χ1) is 11.2. The molecule has 3 rings (SSSR count). The third-order valence-corrected chi connectivity index (χ3v) is 3.72. The number of nitrogens with zero attached hydrogens (tertiary/aromatic N) is 2. The number of thioether (sulfide) groups is 1. The van der Waals surface area contributed by atoms with Crippen molar-refractivity contribution in [3.8, 4) is 11.7 Å². The molecule has 0 spiro atoms. The lowest BCUT2D eigenvalue weighted by atomic mass is 10.2. The highest BCUT2D eigenvalue weighted by atomic mass is 32.2. The van der Waals surface area contributed by atoms with E-state index in [1.165, 1.54) is 12.3 Å². The number of halogens is 1. The number of nitrogens with one attached hydrogen (secondary N) is 1. The van der Waals surface area contributed by atoms with Gasteiger partial charge in [0, 0.05) is 12.1 Å². The summed E-state index contributed by atoms with van der Waals surface area (Å²) in [4.78, 5) is 11.8. The molecule has 118 valence electrons. The molecule has 8 heteroatoms. The van der Waals surface area contributed by atoms with Crippen molar-refractivity contribution in [2.75, 3.05) is 5.75 Å². The van der Waals surface area contributed by atoms with Gasteiger partial charge in [-0.15, -0.1) is 10.2 Å². The van der Waals surface area contributed by atoms with Crippen LogP contribution in [0.4, 0.5) is 4.39 Å². The van der Waals surface area contributed by atoms with E-state index in [-0.39, 0.29) is 35.1 Å². The minimum absolute atomic E-state index is 0.0915. The molecule has 0 radical (unpaired) electrons. The predicted octanol–water partition coefficient (Wildman–Crippen LogP) is 2.88. The fraction of sp³-hybridized carbons (Fsp3) is 0.133. The Kier molecular flexibility index (Phi) is 4.72. The molecule has 0 atom stereocenters. The number of carbonyl (C=O) groups is 1. The van der Waals surface area contributed by atoms with Crippen LogP contribution in [0.3, 0.4) is 0 Å². The third-order valence-electron chi connectivity index (χ3n) is 2.90. The second kappa shape index (κ2) is 7.10. The molecule has 6 nitrogen and oxygen atoms in total. The summed E-state index contributed by atoms with van der Waals surface area (Å²) in [6, 6.07) is 9.70. The average molecular weight is 333 g/mol. The summed E-state index contributed by atoms with van der Waals surface area (Å²) < 4.78 is 23.9. The minimum Gasteiger partial charge on any atom is -0.459 e. The zero-order valence-corrected chi connectivity index (χ0v) is 12.7. The summed E-state index contributed by atoms with van der Waals surface area (Å²) in [5.74, 6) is 0.211. The summed E-state index contributed by atoms with van der Waals surface area (Å²) in [6.45, 7) is 0.132. The Hall–Kier alpha value is -2.61. The van der Waals surface area contributed by atoms with Crippen LogP contribution in [-0.2, 0) is 11.3 Å². The van der Waals surface area contributed by atoms with Crippen molar-refractivity contribution in [1.29, 1.82) is 0 Å². The number of furan rings is 1. The molecule has 2 aromatic heterocycles. The number of rotatable bonds is 6. The van der Waals surface area contributed by atoms with Crippen LogP contribution >= 0.6 is 11.8 Å². The van der Waals surface area contributed by atoms with E-state index in [0.29, 0.717) is 11.3 Å². The Morgan fingerprint density at radius 3 is 2.87 bits per heavy atom. The van der Waals surface area contributed by atoms with Crippen molar-refractivity contribution in [3.05, 3.63) is 54.0 Å². The molecule has 0 unspecified atom stereocenters. The van der Waals surface area contributed by atoms with E-state index in [1.807, 2.05) is 0 Å². The molecular weight excluding hydrogens is 321 g/mol. The Labute approximate surface area is 135 Å². The lowest BCUT2D eigenvalue weighted by molar-refractivity contribution is -0.118. The smallest absolute Gasteiger partial charge is 0.284 e. The van der Waals surface area contributed by atoms with Gasteiger partial charge in [0.25, 0.3) is 11.1 Å². The van der Waals surface area contributed by atoms with Crippen molar-refractivity contribution >= 4 is 17.7 Å². The number of hydrogen-bond donors (Lipinski definition) is 1. The van der Waals surface area contributed by atoms with Gasteiger partial charge < -0.3 is 14.2 Å². The van der Waals surface area contributed by atoms with Crippen LogP contribution in [0.25, 0.3) is 11.7 Å². The molecular formula is C15H12FN3O3S. The molecule has 0 saturated carbocycles. The third kappa shape index (κ3) is 3.98. The number of amides is 1. The molecule has 0 fully saturated rings. The molecule has 0 aliphatic rings. The van der Waals surface area contributed by atoms with E-state index >= 15 is 0 Å². The first-order valence-corrected chi connectivity index (χ1v) is 7.71. The SMILES string of the molecule is O=C(CSc1nnc(-c2ccco2)o1)NCc1ccccc1F. The average Bonchev–Trinajstić information content (AvgIpc) is 3.23. The molecule has 2 heterocycles. The molecule has 0 aliphatic heterocycles. The van der Waals surface area contributed by atoms with Crippen LogP contribution in [0.2, 0.25) is 0 Å². The summed E-state index contributed by atoms with van der Waals surface area (Å²) in [7, 11) is 0. The van der Waals surface area contributed by atoms with Gasteiger partial charge in [0.1, 0.15) is 5.82 Å². The second-order valence-electron chi connectivity index (χ2n) is 4.51. The maximum atomic E-state index is 13.4. The maximum Gasteiger partial charge on any atom is 0.284 e. The van der Waals surface area contributed by atoms with Crippen LogP contribution in [0.15, 0.2) is 56.7 Å². The van der Waals surface area contributed by atoms with E-state index in [0.717, 1.165) is 11.8 Å². The number of benzene rings is 1. The van der Waals surface area contributed by atoms with E-state index in [4.69, 9.17) is 8.83 Å². The largest absolute Gasteiger partial charge is 0.459 e. The van der Waals surface area contributed by atoms with Crippen molar-refractivity contribution in [2.45, 2.75) is 11.8 Å². The quantitative estimate of drug-likeness (QED) is 0.699. The normalized spacial score (nSPS) is 10.7. The summed E-state index contributed by atoms with van der Waals surface area (Å²) >= 11 is 1.10. The molecule has 0 saturated heterocycles. The van der Waals surface area contributed by atoms with Crippen LogP contribution < -0.4 is 5.32 Å². The van der Waals surface area contributed by atoms with Crippen molar-refractivity contribution in [3.63, 3.8) is 0 Å². The van der Waals surface area contributed by atoms with E-state index in [2.05, 4.69) is 15.5 Å². The standard InChI is InChI=1S/C15H12FN3O3S/c16-11-5-2-1-4-10(11)8-17-13(20)9-23-15-19-18-14(22-15)12-6-3-7-21-12/h1-7H,8-9H2,(H,17,20). The van der Waals surface area contributed by atoms with Crippen LogP contribution in [0, 0.1) is 5.82 Å². The molecule has 1 amide bonds. The second-order valence-corrected chi connectivity index (χ2v) is 5.43. The van der Waals surface area contributed by atoms with Gasteiger partial charge in [-0.1, -0.05) is 30.0 Å². The number of hydrogen-bond acceptors (Lipinski definition) is 6. The van der Waals surface area contributed by atoms with Crippen molar-refractivity contribution < 1.29 is 18.0 Å². The lowest BCUT2D eigenvalue weighted by Gasteiger charge is -2.05. The summed E-state index contributed by atoms with van der Waals surface area (Å²) in [5.41, 5.74) is 0.434. The molecule has 0 bridgehead atoms. The highest BCUT2D eigenvalue weighted by molar-refractivity contribution is 7.99. The van der Waals surface area contributed by atoms with Gasteiger partial charge in [0.2, 0.25) is 5.91 Å². The zero-order chi connectivity index (χ0) is 16.1. The highest BCUT2D eigenvalue weighted by Crippen LogP contribution is 2.23. The first-order valence-electron chi connectivity index (χ1n) is 6.72. The van der Waals surface area contributed by atoms with Gasteiger partial charge in [0.15, 0.2) is 5.76 Å². The van der Waals surface area contributed by atoms with Gasteiger partial charge >= 0.3 is 0 Å². The first kappa shape index (κ1) is 15.3. The van der Waals surface area contributed by atoms with Crippen molar-refractivity contribution in [1.82, 2.24) is 15.5 Å². The fourth-order valence-electron chi connectivity index (χ4n) is 1.78. The van der Waals surface area contributed by atoms with Gasteiger partial charge in [-0.25, -0.2) is 4.39 Å². The lowest BCUT2D eigenvalue weighted by Crippen LogP contribution is -2.25.